The van der Waals surface area contributed by atoms with E-state index in [1.807, 2.05) is 43.3 Å². The summed E-state index contributed by atoms with van der Waals surface area (Å²) < 4.78 is 37.2. The zero-order valence-corrected chi connectivity index (χ0v) is 21.7. The molecule has 40 heavy (non-hydrogen) atoms. The second-order valence-electron chi connectivity index (χ2n) is 8.81. The van der Waals surface area contributed by atoms with Crippen LogP contribution in [-0.2, 0) is 4.79 Å². The Labute approximate surface area is 228 Å². The number of aryl methyl sites for hydroxylation is 1. The van der Waals surface area contributed by atoms with Gasteiger partial charge in [-0.1, -0.05) is 29.8 Å². The summed E-state index contributed by atoms with van der Waals surface area (Å²) >= 11 is 0. The number of piperazine rings is 1. The maximum atomic E-state index is 12.5. The van der Waals surface area contributed by atoms with Crippen molar-refractivity contribution in [3.05, 3.63) is 83.4 Å². The van der Waals surface area contributed by atoms with E-state index in [0.717, 1.165) is 30.1 Å². The summed E-state index contributed by atoms with van der Waals surface area (Å²) in [6, 6.07) is 20.2. The van der Waals surface area contributed by atoms with Crippen LogP contribution in [0.2, 0.25) is 0 Å². The topological polar surface area (TPSA) is 119 Å². The van der Waals surface area contributed by atoms with E-state index in [2.05, 4.69) is 15.1 Å². The van der Waals surface area contributed by atoms with Crippen LogP contribution in [0.15, 0.2) is 66.7 Å². The molecule has 1 fully saturated rings. The number of carboxylic acid groups (broad SMARTS) is 2. The Kier molecular flexibility index (Phi) is 9.59. The highest BCUT2D eigenvalue weighted by atomic mass is 19.4. The molecule has 0 spiro atoms. The Balaban J connectivity index is 0.000000559. The number of hydrogen-bond acceptors (Lipinski definition) is 6. The SMILES string of the molecule is COc1ccccc1N1CCN(c2ccc(NC(=O)c3ccc(C)cc3)cc2C(=O)O)CC1.O=C(O)C(F)(F)F. The van der Waals surface area contributed by atoms with Gasteiger partial charge in [-0.15, -0.1) is 0 Å². The maximum absolute atomic E-state index is 12.5. The summed E-state index contributed by atoms with van der Waals surface area (Å²) in [7, 11) is 1.66. The number of halogens is 3. The number of anilines is 3. The fourth-order valence-electron chi connectivity index (χ4n) is 4.05. The van der Waals surface area contributed by atoms with Crippen molar-refractivity contribution < 1.29 is 42.5 Å². The molecule has 0 aromatic heterocycles. The molecule has 3 aromatic carbocycles. The van der Waals surface area contributed by atoms with Crippen LogP contribution in [0, 0.1) is 6.92 Å². The first-order chi connectivity index (χ1) is 18.9. The van der Waals surface area contributed by atoms with E-state index in [9.17, 15) is 27.9 Å². The van der Waals surface area contributed by atoms with Crippen LogP contribution in [0.3, 0.4) is 0 Å². The van der Waals surface area contributed by atoms with Crippen LogP contribution in [0.5, 0.6) is 5.75 Å². The number of nitrogens with one attached hydrogen (secondary N) is 1. The van der Waals surface area contributed by atoms with Gasteiger partial charge in [0.2, 0.25) is 0 Å². The van der Waals surface area contributed by atoms with E-state index in [1.165, 1.54) is 6.07 Å². The van der Waals surface area contributed by atoms with E-state index in [-0.39, 0.29) is 11.5 Å². The smallest absolute Gasteiger partial charge is 0.490 e. The molecule has 1 aliphatic heterocycles. The normalized spacial score (nSPS) is 13.1. The molecular weight excluding hydrogens is 531 g/mol. The molecule has 0 aliphatic carbocycles. The van der Waals surface area contributed by atoms with Crippen LogP contribution in [0.1, 0.15) is 26.3 Å². The van der Waals surface area contributed by atoms with Gasteiger partial charge in [0.05, 0.1) is 24.0 Å². The van der Waals surface area contributed by atoms with Crippen molar-refractivity contribution in [2.24, 2.45) is 0 Å². The zero-order chi connectivity index (χ0) is 29.4. The van der Waals surface area contributed by atoms with Crippen molar-refractivity contribution in [2.45, 2.75) is 13.1 Å². The van der Waals surface area contributed by atoms with E-state index >= 15 is 0 Å². The minimum atomic E-state index is -5.08. The van der Waals surface area contributed by atoms with Crippen molar-refractivity contribution in [2.75, 3.05) is 48.4 Å². The standard InChI is InChI=1S/C26H27N3O4.C2HF3O2/c1-18-7-9-19(10-8-18)25(30)27-20-11-12-22(21(17-20)26(31)32)28-13-15-29(16-14-28)23-5-3-4-6-24(23)33-2;3-2(4,5)1(6)7/h3-12,17H,13-16H2,1-2H3,(H,27,30)(H,31,32);(H,6,7). The van der Waals surface area contributed by atoms with E-state index < -0.39 is 18.1 Å². The largest absolute Gasteiger partial charge is 0.495 e. The summed E-state index contributed by atoms with van der Waals surface area (Å²) in [6.45, 7) is 4.78. The molecule has 212 valence electrons. The number of carboxylic acids is 2. The summed E-state index contributed by atoms with van der Waals surface area (Å²) in [6.07, 6.45) is -5.08. The number of alkyl halides is 3. The number of amides is 1. The molecule has 1 aliphatic rings. The lowest BCUT2D eigenvalue weighted by atomic mass is 10.1. The summed E-state index contributed by atoms with van der Waals surface area (Å²) in [5.41, 5.74) is 3.89. The number of para-hydroxylation sites is 2. The lowest BCUT2D eigenvalue weighted by Crippen LogP contribution is -2.47. The van der Waals surface area contributed by atoms with Gasteiger partial charge >= 0.3 is 18.1 Å². The third-order valence-corrected chi connectivity index (χ3v) is 6.09. The minimum absolute atomic E-state index is 0.169. The third kappa shape index (κ3) is 7.65. The molecule has 4 rings (SSSR count). The Bertz CT molecular complexity index is 1350. The average Bonchev–Trinajstić information content (AvgIpc) is 2.93. The third-order valence-electron chi connectivity index (χ3n) is 6.09. The highest BCUT2D eigenvalue weighted by Crippen LogP contribution is 2.31. The molecule has 12 heteroatoms. The van der Waals surface area contributed by atoms with Gasteiger partial charge in [0.15, 0.2) is 0 Å². The van der Waals surface area contributed by atoms with Crippen molar-refractivity contribution in [3.8, 4) is 5.75 Å². The predicted molar refractivity (Wildman–Crippen MR) is 144 cm³/mol. The lowest BCUT2D eigenvalue weighted by Gasteiger charge is -2.38. The van der Waals surface area contributed by atoms with E-state index in [0.29, 0.717) is 30.0 Å². The number of rotatable bonds is 6. The lowest BCUT2D eigenvalue weighted by molar-refractivity contribution is -0.192. The number of hydrogen-bond donors (Lipinski definition) is 3. The van der Waals surface area contributed by atoms with Crippen molar-refractivity contribution in [3.63, 3.8) is 0 Å². The molecule has 3 aromatic rings. The molecule has 1 amide bonds. The van der Waals surface area contributed by atoms with Crippen molar-refractivity contribution >= 4 is 34.9 Å². The quantitative estimate of drug-likeness (QED) is 0.390. The molecule has 1 heterocycles. The van der Waals surface area contributed by atoms with Gasteiger partial charge in [-0.3, -0.25) is 4.79 Å². The Morgan fingerprint density at radius 2 is 1.40 bits per heavy atom. The number of carbonyl (C=O) groups is 3. The fraction of sp³-hybridized carbons (Fsp3) is 0.250. The fourth-order valence-corrected chi connectivity index (χ4v) is 4.05. The monoisotopic (exact) mass is 559 g/mol. The molecule has 9 nitrogen and oxygen atoms in total. The number of aliphatic carboxylic acids is 1. The van der Waals surface area contributed by atoms with Gasteiger partial charge in [0.1, 0.15) is 5.75 Å². The number of nitrogens with zero attached hydrogens (tertiary/aromatic N) is 2. The molecular formula is C28H28F3N3O6. The summed E-state index contributed by atoms with van der Waals surface area (Å²) in [4.78, 5) is 37.8. The Morgan fingerprint density at radius 1 is 0.850 bits per heavy atom. The van der Waals surface area contributed by atoms with Crippen molar-refractivity contribution in [1.82, 2.24) is 0 Å². The highest BCUT2D eigenvalue weighted by molar-refractivity contribution is 6.05. The Morgan fingerprint density at radius 3 is 1.93 bits per heavy atom. The van der Waals surface area contributed by atoms with Crippen LogP contribution in [0.25, 0.3) is 0 Å². The van der Waals surface area contributed by atoms with Gasteiger partial charge in [0.25, 0.3) is 5.91 Å². The van der Waals surface area contributed by atoms with Crippen LogP contribution < -0.4 is 19.9 Å². The van der Waals surface area contributed by atoms with Gasteiger partial charge in [-0.25, -0.2) is 9.59 Å². The number of aromatic carboxylic acids is 1. The zero-order valence-electron chi connectivity index (χ0n) is 21.7. The number of ether oxygens (including phenoxy) is 1. The van der Waals surface area contributed by atoms with Crippen molar-refractivity contribution in [1.29, 1.82) is 0 Å². The first-order valence-corrected chi connectivity index (χ1v) is 12.1. The van der Waals surface area contributed by atoms with Gasteiger partial charge in [-0.2, -0.15) is 13.2 Å². The Hall–Kier alpha value is -4.74. The molecule has 0 radical (unpaired) electrons. The molecule has 0 atom stereocenters. The predicted octanol–water partition coefficient (Wildman–Crippen LogP) is 4.91. The molecule has 0 saturated carbocycles. The van der Waals surface area contributed by atoms with Gasteiger partial charge < -0.3 is 30.1 Å². The minimum Gasteiger partial charge on any atom is -0.495 e. The first-order valence-electron chi connectivity index (χ1n) is 12.1. The maximum Gasteiger partial charge on any atom is 0.490 e. The summed E-state index contributed by atoms with van der Waals surface area (Å²) in [5.74, 6) is -3.23. The van der Waals surface area contributed by atoms with E-state index in [1.54, 1.807) is 31.4 Å². The average molecular weight is 560 g/mol. The molecule has 0 bridgehead atoms. The number of methoxy groups -OCH3 is 1. The molecule has 1 saturated heterocycles. The van der Waals surface area contributed by atoms with Crippen LogP contribution >= 0.6 is 0 Å². The van der Waals surface area contributed by atoms with Crippen LogP contribution in [-0.4, -0.2) is 67.5 Å². The first kappa shape index (κ1) is 29.8. The van der Waals surface area contributed by atoms with E-state index in [4.69, 9.17) is 14.6 Å². The molecule has 0 unspecified atom stereocenters. The summed E-state index contributed by atoms with van der Waals surface area (Å²) in [5, 5.41) is 19.8. The second kappa shape index (κ2) is 12.9. The second-order valence-corrected chi connectivity index (χ2v) is 8.81. The molecule has 3 N–H and O–H groups in total. The highest BCUT2D eigenvalue weighted by Gasteiger charge is 2.38. The number of carbonyl (C=O) groups excluding carboxylic acids is 1. The van der Waals surface area contributed by atoms with Gasteiger partial charge in [0, 0.05) is 37.4 Å². The van der Waals surface area contributed by atoms with Gasteiger partial charge in [-0.05, 0) is 49.4 Å². The number of benzene rings is 3. The van der Waals surface area contributed by atoms with Crippen LogP contribution in [0.4, 0.5) is 30.2 Å².